The van der Waals surface area contributed by atoms with Gasteiger partial charge in [-0.05, 0) is 60.8 Å². The van der Waals surface area contributed by atoms with Gasteiger partial charge in [0.2, 0.25) is 11.8 Å². The van der Waals surface area contributed by atoms with Gasteiger partial charge in [-0.3, -0.25) is 9.52 Å². The van der Waals surface area contributed by atoms with Gasteiger partial charge in [0, 0.05) is 19.7 Å². The first-order valence-electron chi connectivity index (χ1n) is 11.1. The third kappa shape index (κ3) is 3.99. The molecule has 0 radical (unpaired) electrons. The van der Waals surface area contributed by atoms with Crippen molar-refractivity contribution in [3.05, 3.63) is 34.5 Å². The number of nitrogens with one attached hydrogen (secondary N) is 2. The summed E-state index contributed by atoms with van der Waals surface area (Å²) in [5.41, 5.74) is 5.61. The maximum atomic E-state index is 13.8. The Morgan fingerprint density at radius 3 is 2.55 bits per heavy atom. The van der Waals surface area contributed by atoms with Gasteiger partial charge >= 0.3 is 6.03 Å². The quantitative estimate of drug-likeness (QED) is 0.703. The predicted molar refractivity (Wildman–Crippen MR) is 121 cm³/mol. The van der Waals surface area contributed by atoms with Crippen molar-refractivity contribution in [2.45, 2.75) is 63.0 Å². The van der Waals surface area contributed by atoms with E-state index in [-0.39, 0.29) is 23.5 Å². The average molecular weight is 474 g/mol. The molecule has 2 aliphatic carbocycles. The fourth-order valence-electron chi connectivity index (χ4n) is 4.92. The van der Waals surface area contributed by atoms with E-state index in [1.165, 1.54) is 28.9 Å². The van der Waals surface area contributed by atoms with Gasteiger partial charge in [0.05, 0.1) is 12.7 Å². The summed E-state index contributed by atoms with van der Waals surface area (Å²) >= 11 is 0. The van der Waals surface area contributed by atoms with Gasteiger partial charge in [-0.1, -0.05) is 6.07 Å². The molecule has 3 aliphatic rings. The van der Waals surface area contributed by atoms with Crippen LogP contribution in [0.15, 0.2) is 21.5 Å². The first kappa shape index (κ1) is 21.9. The van der Waals surface area contributed by atoms with Gasteiger partial charge in [-0.25, -0.2) is 13.7 Å². The van der Waals surface area contributed by atoms with Crippen LogP contribution in [0.4, 0.5) is 10.5 Å². The summed E-state index contributed by atoms with van der Waals surface area (Å²) in [7, 11) is -2.10. The van der Waals surface area contributed by atoms with Crippen molar-refractivity contribution in [1.29, 1.82) is 0 Å². The molecule has 2 unspecified atom stereocenters. The number of benzene rings is 1. The fraction of sp³-hybridized carbons (Fsp3) is 0.500. The van der Waals surface area contributed by atoms with Gasteiger partial charge in [0.25, 0.3) is 0 Å². The first-order chi connectivity index (χ1) is 15.9. The Morgan fingerprint density at radius 2 is 1.91 bits per heavy atom. The SMILES string of the molecule is COC1COc2c(S(=O)(=NC(=O)Nc3c4c(cc5c3CCC5)CCC4)NC(C)=O)cnn2C1. The summed E-state index contributed by atoms with van der Waals surface area (Å²) in [6, 6.07) is 1.50. The lowest BCUT2D eigenvalue weighted by Crippen LogP contribution is -2.34. The molecule has 1 aliphatic heterocycles. The van der Waals surface area contributed by atoms with Crippen LogP contribution in [0.2, 0.25) is 0 Å². The molecule has 0 saturated heterocycles. The molecule has 5 rings (SSSR count). The Labute approximate surface area is 192 Å². The number of carbonyl (C=O) groups excluding carboxylic acids is 2. The van der Waals surface area contributed by atoms with Gasteiger partial charge in [0.1, 0.15) is 17.6 Å². The molecule has 2 heterocycles. The van der Waals surface area contributed by atoms with E-state index >= 15 is 0 Å². The molecule has 1 aromatic heterocycles. The Hall–Kier alpha value is -2.92. The van der Waals surface area contributed by atoms with Crippen molar-refractivity contribution >= 4 is 27.5 Å². The van der Waals surface area contributed by atoms with Crippen LogP contribution in [0.5, 0.6) is 5.88 Å². The Morgan fingerprint density at radius 1 is 1.21 bits per heavy atom. The number of urea groups is 1. The number of methoxy groups -OCH3 is 1. The number of aryl methyl sites for hydroxylation is 2. The van der Waals surface area contributed by atoms with Crippen molar-refractivity contribution in [1.82, 2.24) is 14.5 Å². The lowest BCUT2D eigenvalue weighted by molar-refractivity contribution is -0.117. The minimum atomic E-state index is -3.67. The highest BCUT2D eigenvalue weighted by Crippen LogP contribution is 2.39. The van der Waals surface area contributed by atoms with Crippen LogP contribution >= 0.6 is 0 Å². The third-order valence-corrected chi connectivity index (χ3v) is 8.24. The zero-order valence-corrected chi connectivity index (χ0v) is 19.5. The number of fused-ring (bicyclic) bond motifs is 3. The van der Waals surface area contributed by atoms with Crippen LogP contribution in [0, 0.1) is 0 Å². The zero-order valence-electron chi connectivity index (χ0n) is 18.7. The maximum Gasteiger partial charge on any atom is 0.355 e. The van der Waals surface area contributed by atoms with E-state index < -0.39 is 21.9 Å². The molecule has 0 spiro atoms. The number of rotatable bonds is 4. The van der Waals surface area contributed by atoms with Crippen LogP contribution in [-0.2, 0) is 51.7 Å². The van der Waals surface area contributed by atoms with E-state index in [9.17, 15) is 13.8 Å². The summed E-state index contributed by atoms with van der Waals surface area (Å²) in [5, 5.41) is 7.11. The largest absolute Gasteiger partial charge is 0.474 e. The fourth-order valence-corrected chi connectivity index (χ4v) is 6.43. The first-order valence-corrected chi connectivity index (χ1v) is 12.6. The molecule has 1 aromatic carbocycles. The molecule has 2 atom stereocenters. The molecule has 0 fully saturated rings. The van der Waals surface area contributed by atoms with Gasteiger partial charge < -0.3 is 14.8 Å². The van der Waals surface area contributed by atoms with E-state index in [0.717, 1.165) is 55.3 Å². The molecular formula is C22H27N5O5S. The van der Waals surface area contributed by atoms with Crippen LogP contribution in [0.25, 0.3) is 0 Å². The monoisotopic (exact) mass is 473 g/mol. The Balaban J connectivity index is 1.52. The number of ether oxygens (including phenoxy) is 2. The van der Waals surface area contributed by atoms with Crippen molar-refractivity contribution in [3.8, 4) is 5.88 Å². The van der Waals surface area contributed by atoms with Crippen molar-refractivity contribution in [2.24, 2.45) is 4.36 Å². The summed E-state index contributed by atoms with van der Waals surface area (Å²) in [5.74, 6) is -0.372. The van der Waals surface area contributed by atoms with Crippen LogP contribution in [0.3, 0.4) is 0 Å². The summed E-state index contributed by atoms with van der Waals surface area (Å²) in [4.78, 5) is 25.0. The molecule has 0 bridgehead atoms. The van der Waals surface area contributed by atoms with E-state index in [0.29, 0.717) is 6.54 Å². The molecule has 2 aromatic rings. The molecule has 11 heteroatoms. The number of hydrogen-bond acceptors (Lipinski definition) is 6. The molecule has 3 amide bonds. The molecular weight excluding hydrogens is 446 g/mol. The highest BCUT2D eigenvalue weighted by Gasteiger charge is 2.31. The van der Waals surface area contributed by atoms with Crippen LogP contribution < -0.4 is 14.8 Å². The maximum absolute atomic E-state index is 13.8. The second-order valence-electron chi connectivity index (χ2n) is 8.60. The number of anilines is 1. The van der Waals surface area contributed by atoms with Crippen molar-refractivity contribution < 1.29 is 23.3 Å². The van der Waals surface area contributed by atoms with E-state index in [1.807, 2.05) is 0 Å². The van der Waals surface area contributed by atoms with Crippen LogP contribution in [0.1, 0.15) is 42.0 Å². The van der Waals surface area contributed by atoms with Crippen LogP contribution in [-0.4, -0.2) is 45.7 Å². The van der Waals surface area contributed by atoms with Gasteiger partial charge in [-0.15, -0.1) is 4.36 Å². The molecule has 10 nitrogen and oxygen atoms in total. The Kier molecular flexibility index (Phi) is 5.61. The third-order valence-electron chi connectivity index (χ3n) is 6.37. The summed E-state index contributed by atoms with van der Waals surface area (Å²) < 4.78 is 32.6. The number of aromatic nitrogens is 2. The number of hydrogen-bond donors (Lipinski definition) is 2. The van der Waals surface area contributed by atoms with Crippen molar-refractivity contribution in [3.63, 3.8) is 0 Å². The highest BCUT2D eigenvalue weighted by molar-refractivity contribution is 7.92. The summed E-state index contributed by atoms with van der Waals surface area (Å²) in [6.45, 7) is 1.86. The van der Waals surface area contributed by atoms with Gasteiger partial charge in [-0.2, -0.15) is 5.10 Å². The topological polar surface area (TPSA) is 124 Å². The second kappa shape index (κ2) is 8.45. The number of amides is 3. The standard InChI is InChI=1S/C22H27N5O5S/c1-13(28)25-33(30,19-10-23-27-11-16(31-2)12-32-21(19)27)26-22(29)24-20-17-7-3-5-14(17)9-15-6-4-8-18(15)20/h9-10,16H,3-8,11-12H2,1-2H3,(H2,24,25,26,28,29,30). The van der Waals surface area contributed by atoms with E-state index in [2.05, 4.69) is 25.6 Å². The van der Waals surface area contributed by atoms with E-state index in [1.54, 1.807) is 7.11 Å². The second-order valence-corrected chi connectivity index (χ2v) is 10.5. The molecule has 0 saturated carbocycles. The lowest BCUT2D eigenvalue weighted by atomic mass is 9.99. The Bertz CT molecular complexity index is 1230. The smallest absolute Gasteiger partial charge is 0.355 e. The number of carbonyl (C=O) groups is 2. The molecule has 33 heavy (non-hydrogen) atoms. The minimum Gasteiger partial charge on any atom is -0.474 e. The lowest BCUT2D eigenvalue weighted by Gasteiger charge is -2.23. The molecule has 176 valence electrons. The zero-order chi connectivity index (χ0) is 23.2. The van der Waals surface area contributed by atoms with E-state index in [4.69, 9.17) is 9.47 Å². The minimum absolute atomic E-state index is 0.0610. The summed E-state index contributed by atoms with van der Waals surface area (Å²) in [6.07, 6.45) is 6.98. The highest BCUT2D eigenvalue weighted by atomic mass is 32.2. The predicted octanol–water partition coefficient (Wildman–Crippen LogP) is 2.38. The normalized spacial score (nSPS) is 20.1. The van der Waals surface area contributed by atoms with Gasteiger partial charge in [0.15, 0.2) is 9.92 Å². The van der Waals surface area contributed by atoms with Crippen molar-refractivity contribution in [2.75, 3.05) is 19.0 Å². The molecule has 2 N–H and O–H groups in total. The number of nitrogens with zero attached hydrogens (tertiary/aromatic N) is 3. The average Bonchev–Trinajstić information content (AvgIpc) is 3.51.